The van der Waals surface area contributed by atoms with Crippen LogP contribution in [0.5, 0.6) is 0 Å². The maximum Gasteiger partial charge on any atom is 0.0685 e. The minimum atomic E-state index is 0.882. The first-order chi connectivity index (χ1) is 8.36. The van der Waals surface area contributed by atoms with Crippen molar-refractivity contribution >= 4 is 0 Å². The summed E-state index contributed by atoms with van der Waals surface area (Å²) in [5.74, 6) is 0. The molecular weight excluding hydrogens is 210 g/mol. The van der Waals surface area contributed by atoms with Crippen LogP contribution in [0.4, 0.5) is 0 Å². The van der Waals surface area contributed by atoms with Crippen molar-refractivity contribution in [2.45, 2.75) is 26.4 Å². The zero-order chi connectivity index (χ0) is 12.1. The second kappa shape index (κ2) is 5.64. The fraction of sp³-hybridized carbons (Fsp3) is 0.357. The first-order valence-corrected chi connectivity index (χ1v) is 6.11. The highest BCUT2D eigenvalue weighted by Crippen LogP contribution is 2.23. The predicted octanol–water partition coefficient (Wildman–Crippen LogP) is 2.68. The SMILES string of the molecule is CCCn1nccc1-c1ccccc1CNC. The quantitative estimate of drug-likeness (QED) is 0.854. The van der Waals surface area contributed by atoms with Crippen molar-refractivity contribution in [2.75, 3.05) is 7.05 Å². The van der Waals surface area contributed by atoms with Gasteiger partial charge in [0.2, 0.25) is 0 Å². The maximum atomic E-state index is 4.38. The summed E-state index contributed by atoms with van der Waals surface area (Å²) in [5.41, 5.74) is 3.79. The van der Waals surface area contributed by atoms with E-state index < -0.39 is 0 Å². The molecule has 1 N–H and O–H groups in total. The lowest BCUT2D eigenvalue weighted by Crippen LogP contribution is -2.08. The van der Waals surface area contributed by atoms with E-state index in [2.05, 4.69) is 52.4 Å². The van der Waals surface area contributed by atoms with Gasteiger partial charge in [0.25, 0.3) is 0 Å². The lowest BCUT2D eigenvalue weighted by Gasteiger charge is -2.11. The molecule has 0 unspecified atom stereocenters. The van der Waals surface area contributed by atoms with E-state index in [0.29, 0.717) is 0 Å². The Bertz CT molecular complexity index is 474. The Balaban J connectivity index is 2.41. The molecule has 0 amide bonds. The van der Waals surface area contributed by atoms with Crippen LogP contribution < -0.4 is 5.32 Å². The van der Waals surface area contributed by atoms with E-state index in [1.165, 1.54) is 16.8 Å². The van der Waals surface area contributed by atoms with Gasteiger partial charge >= 0.3 is 0 Å². The summed E-state index contributed by atoms with van der Waals surface area (Å²) in [6, 6.07) is 10.6. The van der Waals surface area contributed by atoms with Crippen molar-refractivity contribution in [3.8, 4) is 11.3 Å². The van der Waals surface area contributed by atoms with E-state index in [1.807, 2.05) is 13.2 Å². The van der Waals surface area contributed by atoms with Crippen LogP contribution in [0.3, 0.4) is 0 Å². The van der Waals surface area contributed by atoms with Crippen molar-refractivity contribution in [1.82, 2.24) is 15.1 Å². The largest absolute Gasteiger partial charge is 0.316 e. The Morgan fingerprint density at radius 3 is 2.82 bits per heavy atom. The number of nitrogens with one attached hydrogen (secondary N) is 1. The summed E-state index contributed by atoms with van der Waals surface area (Å²) < 4.78 is 2.08. The van der Waals surface area contributed by atoms with Crippen LogP contribution in [0, 0.1) is 0 Å². The first-order valence-electron chi connectivity index (χ1n) is 6.11. The fourth-order valence-electron chi connectivity index (χ4n) is 2.07. The molecule has 1 aromatic carbocycles. The van der Waals surface area contributed by atoms with Gasteiger partial charge in [0.1, 0.15) is 0 Å². The molecular formula is C14H19N3. The Labute approximate surface area is 102 Å². The van der Waals surface area contributed by atoms with Crippen LogP contribution in [-0.2, 0) is 13.1 Å². The Morgan fingerprint density at radius 2 is 2.06 bits per heavy atom. The third-order valence-corrected chi connectivity index (χ3v) is 2.81. The average molecular weight is 229 g/mol. The molecule has 0 bridgehead atoms. The third-order valence-electron chi connectivity index (χ3n) is 2.81. The highest BCUT2D eigenvalue weighted by molar-refractivity contribution is 5.63. The molecule has 0 aliphatic carbocycles. The second-order valence-electron chi connectivity index (χ2n) is 4.13. The van der Waals surface area contributed by atoms with Gasteiger partial charge in [-0.1, -0.05) is 31.2 Å². The van der Waals surface area contributed by atoms with Gasteiger partial charge in [0.05, 0.1) is 5.69 Å². The predicted molar refractivity (Wildman–Crippen MR) is 70.7 cm³/mol. The Hall–Kier alpha value is -1.61. The molecule has 0 fully saturated rings. The van der Waals surface area contributed by atoms with Crippen LogP contribution in [-0.4, -0.2) is 16.8 Å². The molecule has 17 heavy (non-hydrogen) atoms. The maximum absolute atomic E-state index is 4.38. The fourth-order valence-corrected chi connectivity index (χ4v) is 2.07. The number of aromatic nitrogens is 2. The second-order valence-corrected chi connectivity index (χ2v) is 4.13. The highest BCUT2D eigenvalue weighted by atomic mass is 15.3. The van der Waals surface area contributed by atoms with Crippen molar-refractivity contribution in [3.63, 3.8) is 0 Å². The Morgan fingerprint density at radius 1 is 1.24 bits per heavy atom. The van der Waals surface area contributed by atoms with Crippen LogP contribution in [0.15, 0.2) is 36.5 Å². The molecule has 2 aromatic rings. The van der Waals surface area contributed by atoms with Crippen molar-refractivity contribution < 1.29 is 0 Å². The number of rotatable bonds is 5. The normalized spacial score (nSPS) is 10.7. The Kier molecular flexibility index (Phi) is 3.94. The van der Waals surface area contributed by atoms with E-state index in [4.69, 9.17) is 0 Å². The number of benzene rings is 1. The van der Waals surface area contributed by atoms with E-state index in [-0.39, 0.29) is 0 Å². The van der Waals surface area contributed by atoms with Crippen molar-refractivity contribution in [2.24, 2.45) is 0 Å². The smallest absolute Gasteiger partial charge is 0.0685 e. The third kappa shape index (κ3) is 2.56. The summed E-state index contributed by atoms with van der Waals surface area (Å²) in [4.78, 5) is 0. The average Bonchev–Trinajstić information content (AvgIpc) is 2.79. The molecule has 0 atom stereocenters. The van der Waals surface area contributed by atoms with E-state index in [0.717, 1.165) is 19.5 Å². The summed E-state index contributed by atoms with van der Waals surface area (Å²) in [6.45, 7) is 4.02. The summed E-state index contributed by atoms with van der Waals surface area (Å²) in [6.07, 6.45) is 2.98. The standard InChI is InChI=1S/C14H19N3/c1-3-10-17-14(8-9-16-17)13-7-5-4-6-12(13)11-15-2/h4-9,15H,3,10-11H2,1-2H3. The molecule has 0 spiro atoms. The lowest BCUT2D eigenvalue weighted by atomic mass is 10.0. The summed E-state index contributed by atoms with van der Waals surface area (Å²) in [7, 11) is 1.97. The van der Waals surface area contributed by atoms with Crippen LogP contribution >= 0.6 is 0 Å². The molecule has 1 aromatic heterocycles. The number of hydrogen-bond donors (Lipinski definition) is 1. The van der Waals surface area contributed by atoms with Gasteiger partial charge < -0.3 is 5.32 Å². The molecule has 1 heterocycles. The van der Waals surface area contributed by atoms with Crippen molar-refractivity contribution in [1.29, 1.82) is 0 Å². The summed E-state index contributed by atoms with van der Waals surface area (Å²) in [5, 5.41) is 7.59. The molecule has 3 nitrogen and oxygen atoms in total. The molecule has 0 aliphatic heterocycles. The molecule has 0 radical (unpaired) electrons. The van der Waals surface area contributed by atoms with E-state index in [1.54, 1.807) is 0 Å². The topological polar surface area (TPSA) is 29.9 Å². The lowest BCUT2D eigenvalue weighted by molar-refractivity contribution is 0.608. The van der Waals surface area contributed by atoms with Gasteiger partial charge in [-0.2, -0.15) is 5.10 Å². The first kappa shape index (κ1) is 11.9. The van der Waals surface area contributed by atoms with Gasteiger partial charge in [-0.25, -0.2) is 0 Å². The highest BCUT2D eigenvalue weighted by Gasteiger charge is 2.08. The number of hydrogen-bond acceptors (Lipinski definition) is 2. The van der Waals surface area contributed by atoms with Crippen LogP contribution in [0.2, 0.25) is 0 Å². The monoisotopic (exact) mass is 229 g/mol. The molecule has 0 saturated heterocycles. The number of aryl methyl sites for hydroxylation is 1. The molecule has 0 aliphatic rings. The van der Waals surface area contributed by atoms with E-state index in [9.17, 15) is 0 Å². The molecule has 90 valence electrons. The van der Waals surface area contributed by atoms with Crippen LogP contribution in [0.1, 0.15) is 18.9 Å². The van der Waals surface area contributed by atoms with E-state index >= 15 is 0 Å². The zero-order valence-corrected chi connectivity index (χ0v) is 10.5. The van der Waals surface area contributed by atoms with Gasteiger partial charge in [-0.3, -0.25) is 4.68 Å². The van der Waals surface area contributed by atoms with Gasteiger partial charge in [-0.05, 0) is 25.1 Å². The zero-order valence-electron chi connectivity index (χ0n) is 10.5. The number of nitrogens with zero attached hydrogens (tertiary/aromatic N) is 2. The minimum absolute atomic E-state index is 0.882. The van der Waals surface area contributed by atoms with Gasteiger partial charge in [-0.15, -0.1) is 0 Å². The van der Waals surface area contributed by atoms with Crippen molar-refractivity contribution in [3.05, 3.63) is 42.1 Å². The molecule has 0 saturated carbocycles. The summed E-state index contributed by atoms with van der Waals surface area (Å²) >= 11 is 0. The van der Waals surface area contributed by atoms with Crippen LogP contribution in [0.25, 0.3) is 11.3 Å². The molecule has 3 heteroatoms. The van der Waals surface area contributed by atoms with Gasteiger partial charge in [0.15, 0.2) is 0 Å². The minimum Gasteiger partial charge on any atom is -0.316 e. The van der Waals surface area contributed by atoms with Gasteiger partial charge in [0, 0.05) is 24.8 Å². The molecule has 2 rings (SSSR count).